The van der Waals surface area contributed by atoms with Crippen molar-refractivity contribution < 1.29 is 14.3 Å². The zero-order valence-electron chi connectivity index (χ0n) is 19.7. The van der Waals surface area contributed by atoms with Crippen molar-refractivity contribution >= 4 is 34.9 Å². The third-order valence-corrected chi connectivity index (χ3v) is 6.09. The zero-order valence-corrected chi connectivity index (χ0v) is 21.3. The van der Waals surface area contributed by atoms with Gasteiger partial charge in [0.2, 0.25) is 5.62 Å². The molecule has 9 nitrogen and oxygen atoms in total. The molecule has 2 aromatic carbocycles. The van der Waals surface area contributed by atoms with Crippen LogP contribution in [0.15, 0.2) is 57.0 Å². The molecule has 0 bridgehead atoms. The van der Waals surface area contributed by atoms with Crippen molar-refractivity contribution in [1.29, 1.82) is 0 Å². The molecule has 2 atom stereocenters. The first kappa shape index (κ1) is 26.3. The number of carbonyl (C=O) groups excluding carboxylic acids is 1. The molecule has 0 saturated carbocycles. The SMILES string of the molecule is CCOc1ccc(/N=c2\[nH]c(=O)n([C@@H](C)[C@@H](C)C(=O)OC)c(=O)n2Cc2ccc(Cl)cc2)cc1Cl. The topological polar surface area (TPSA) is 108 Å². The Kier molecular flexibility index (Phi) is 8.58. The fourth-order valence-corrected chi connectivity index (χ4v) is 3.81. The summed E-state index contributed by atoms with van der Waals surface area (Å²) in [6.07, 6.45) is 0. The van der Waals surface area contributed by atoms with Crippen LogP contribution in [0.2, 0.25) is 10.0 Å². The number of aromatic amines is 1. The normalized spacial score (nSPS) is 13.4. The third-order valence-electron chi connectivity index (χ3n) is 5.54. The first-order valence-electron chi connectivity index (χ1n) is 10.9. The van der Waals surface area contributed by atoms with Crippen LogP contribution in [0.5, 0.6) is 5.75 Å². The van der Waals surface area contributed by atoms with Crippen LogP contribution < -0.4 is 21.7 Å². The van der Waals surface area contributed by atoms with Crippen molar-refractivity contribution in [2.45, 2.75) is 33.4 Å². The maximum atomic E-state index is 13.6. The number of benzene rings is 2. The van der Waals surface area contributed by atoms with Crippen LogP contribution in [0.1, 0.15) is 32.4 Å². The van der Waals surface area contributed by atoms with Gasteiger partial charge in [0.05, 0.1) is 42.9 Å². The zero-order chi connectivity index (χ0) is 25.7. The van der Waals surface area contributed by atoms with Gasteiger partial charge < -0.3 is 9.47 Å². The van der Waals surface area contributed by atoms with Crippen molar-refractivity contribution in [3.8, 4) is 5.75 Å². The smallest absolute Gasteiger partial charge is 0.335 e. The van der Waals surface area contributed by atoms with E-state index in [0.29, 0.717) is 28.1 Å². The maximum absolute atomic E-state index is 13.6. The molecule has 186 valence electrons. The second-order valence-corrected chi connectivity index (χ2v) is 8.67. The summed E-state index contributed by atoms with van der Waals surface area (Å²) in [5.74, 6) is -0.780. The number of nitrogens with one attached hydrogen (secondary N) is 1. The molecule has 35 heavy (non-hydrogen) atoms. The third kappa shape index (κ3) is 6.04. The molecule has 0 saturated heterocycles. The molecule has 3 aromatic rings. The Labute approximate surface area is 211 Å². The highest BCUT2D eigenvalue weighted by Crippen LogP contribution is 2.28. The summed E-state index contributed by atoms with van der Waals surface area (Å²) in [6, 6.07) is 11.1. The van der Waals surface area contributed by atoms with E-state index in [-0.39, 0.29) is 12.2 Å². The Morgan fingerprint density at radius 2 is 1.80 bits per heavy atom. The molecule has 1 heterocycles. The molecular formula is C24H26Cl2N4O5. The average molecular weight is 521 g/mol. The molecule has 1 aromatic heterocycles. The molecule has 0 radical (unpaired) electrons. The van der Waals surface area contributed by atoms with Crippen molar-refractivity contribution in [2.24, 2.45) is 10.9 Å². The summed E-state index contributed by atoms with van der Waals surface area (Å²) >= 11 is 12.3. The molecular weight excluding hydrogens is 495 g/mol. The van der Waals surface area contributed by atoms with Gasteiger partial charge in [-0.05, 0) is 56.7 Å². The fourth-order valence-electron chi connectivity index (χ4n) is 3.45. The van der Waals surface area contributed by atoms with Gasteiger partial charge in [-0.25, -0.2) is 19.1 Å². The second-order valence-electron chi connectivity index (χ2n) is 7.83. The predicted octanol–water partition coefficient (Wildman–Crippen LogP) is 3.69. The van der Waals surface area contributed by atoms with Gasteiger partial charge in [0.1, 0.15) is 5.75 Å². The first-order valence-corrected chi connectivity index (χ1v) is 11.7. The standard InChI is InChI=1S/C24H26Cl2N4O5/c1-5-35-20-11-10-18(12-19(20)26)27-22-28-23(32)30(15(3)14(2)21(31)34-4)24(33)29(22)13-16-6-8-17(25)9-7-16/h6-12,14-15H,5,13H2,1-4H3,(H,27,28,32)/t14-,15+/m1/s1. The summed E-state index contributed by atoms with van der Waals surface area (Å²) in [7, 11) is 1.25. The quantitative estimate of drug-likeness (QED) is 0.455. The minimum atomic E-state index is -0.774. The number of nitrogens with zero attached hydrogens (tertiary/aromatic N) is 3. The maximum Gasteiger partial charge on any atom is 0.335 e. The van der Waals surface area contributed by atoms with Gasteiger partial charge in [-0.3, -0.25) is 14.3 Å². The predicted molar refractivity (Wildman–Crippen MR) is 134 cm³/mol. The van der Waals surface area contributed by atoms with E-state index >= 15 is 0 Å². The van der Waals surface area contributed by atoms with Crippen molar-refractivity contribution in [1.82, 2.24) is 14.1 Å². The number of ether oxygens (including phenoxy) is 2. The summed E-state index contributed by atoms with van der Waals surface area (Å²) in [6.45, 7) is 5.58. The van der Waals surface area contributed by atoms with Gasteiger partial charge in [-0.1, -0.05) is 35.3 Å². The van der Waals surface area contributed by atoms with Gasteiger partial charge in [0, 0.05) is 5.02 Å². The summed E-state index contributed by atoms with van der Waals surface area (Å²) in [5, 5.41) is 0.890. The Bertz CT molecular complexity index is 1390. The molecule has 1 N–H and O–H groups in total. The molecule has 3 rings (SSSR count). The first-order chi connectivity index (χ1) is 16.7. The number of carbonyl (C=O) groups is 1. The number of aromatic nitrogens is 3. The van der Waals surface area contributed by atoms with Gasteiger partial charge in [0.25, 0.3) is 0 Å². The monoisotopic (exact) mass is 520 g/mol. The molecule has 0 fully saturated rings. The van der Waals surface area contributed by atoms with E-state index in [4.69, 9.17) is 32.7 Å². The lowest BCUT2D eigenvalue weighted by Gasteiger charge is -2.20. The van der Waals surface area contributed by atoms with Crippen LogP contribution in [0.4, 0.5) is 5.69 Å². The van der Waals surface area contributed by atoms with Crippen LogP contribution in [-0.2, 0) is 16.1 Å². The van der Waals surface area contributed by atoms with Crippen LogP contribution in [0.25, 0.3) is 0 Å². The Balaban J connectivity index is 2.21. The number of halogens is 2. The lowest BCUT2D eigenvalue weighted by atomic mass is 10.0. The Hall–Kier alpha value is -3.30. The molecule has 0 aliphatic heterocycles. The van der Waals surface area contributed by atoms with E-state index in [2.05, 4.69) is 9.98 Å². The lowest BCUT2D eigenvalue weighted by molar-refractivity contribution is -0.146. The van der Waals surface area contributed by atoms with Crippen LogP contribution in [0.3, 0.4) is 0 Å². The van der Waals surface area contributed by atoms with Gasteiger partial charge in [0.15, 0.2) is 0 Å². The minimum Gasteiger partial charge on any atom is -0.492 e. The highest BCUT2D eigenvalue weighted by atomic mass is 35.5. The van der Waals surface area contributed by atoms with Crippen molar-refractivity contribution in [2.75, 3.05) is 13.7 Å². The minimum absolute atomic E-state index is 0.0179. The molecule has 0 aliphatic carbocycles. The molecule has 0 unspecified atom stereocenters. The van der Waals surface area contributed by atoms with Crippen LogP contribution in [0, 0.1) is 5.92 Å². The van der Waals surface area contributed by atoms with Gasteiger partial charge >= 0.3 is 17.3 Å². The van der Waals surface area contributed by atoms with E-state index in [1.54, 1.807) is 56.3 Å². The van der Waals surface area contributed by atoms with Crippen LogP contribution in [-0.4, -0.2) is 33.8 Å². The number of methoxy groups -OCH3 is 1. The number of hydrogen-bond donors (Lipinski definition) is 1. The highest BCUT2D eigenvalue weighted by molar-refractivity contribution is 6.32. The van der Waals surface area contributed by atoms with Gasteiger partial charge in [-0.2, -0.15) is 0 Å². The second kappa shape index (κ2) is 11.4. The molecule has 0 spiro atoms. The van der Waals surface area contributed by atoms with Crippen molar-refractivity contribution in [3.63, 3.8) is 0 Å². The van der Waals surface area contributed by atoms with Crippen molar-refractivity contribution in [3.05, 3.63) is 84.7 Å². The van der Waals surface area contributed by atoms with E-state index in [0.717, 1.165) is 10.1 Å². The van der Waals surface area contributed by atoms with E-state index < -0.39 is 29.3 Å². The van der Waals surface area contributed by atoms with E-state index in [1.807, 2.05) is 6.92 Å². The Morgan fingerprint density at radius 3 is 2.40 bits per heavy atom. The molecule has 11 heteroatoms. The largest absolute Gasteiger partial charge is 0.492 e. The number of hydrogen-bond acceptors (Lipinski definition) is 6. The number of esters is 1. The van der Waals surface area contributed by atoms with Crippen LogP contribution >= 0.6 is 23.2 Å². The number of rotatable bonds is 8. The Morgan fingerprint density at radius 1 is 1.11 bits per heavy atom. The molecule has 0 aliphatic rings. The lowest BCUT2D eigenvalue weighted by Crippen LogP contribution is -2.52. The summed E-state index contributed by atoms with van der Waals surface area (Å²) < 4.78 is 12.5. The summed E-state index contributed by atoms with van der Waals surface area (Å²) in [5.41, 5.74) is -0.162. The van der Waals surface area contributed by atoms with E-state index in [1.165, 1.54) is 11.7 Å². The summed E-state index contributed by atoms with van der Waals surface area (Å²) in [4.78, 5) is 45.7. The average Bonchev–Trinajstić information content (AvgIpc) is 2.83. The van der Waals surface area contributed by atoms with E-state index in [9.17, 15) is 14.4 Å². The highest BCUT2D eigenvalue weighted by Gasteiger charge is 2.26. The fraction of sp³-hybridized carbons (Fsp3) is 0.333. The number of H-pyrrole nitrogens is 1. The van der Waals surface area contributed by atoms with Gasteiger partial charge in [-0.15, -0.1) is 0 Å². The molecule has 0 amide bonds.